The van der Waals surface area contributed by atoms with Gasteiger partial charge in [-0.2, -0.15) is 18.4 Å². The molecule has 23 heavy (non-hydrogen) atoms. The smallest absolute Gasteiger partial charge is 0.258 e. The Bertz CT molecular complexity index is 867. The van der Waals surface area contributed by atoms with Crippen molar-refractivity contribution in [3.63, 3.8) is 0 Å². The van der Waals surface area contributed by atoms with E-state index >= 15 is 0 Å². The van der Waals surface area contributed by atoms with Gasteiger partial charge in [-0.25, -0.2) is 0 Å². The van der Waals surface area contributed by atoms with E-state index in [2.05, 4.69) is 9.93 Å². The third kappa shape index (κ3) is 4.05. The van der Waals surface area contributed by atoms with E-state index in [4.69, 9.17) is 11.6 Å². The van der Waals surface area contributed by atoms with E-state index in [1.54, 1.807) is 18.2 Å². The van der Waals surface area contributed by atoms with Gasteiger partial charge in [-0.3, -0.25) is 10.1 Å². The van der Waals surface area contributed by atoms with Crippen molar-refractivity contribution >= 4 is 33.0 Å². The minimum absolute atomic E-state index is 0.00332. The number of nitro groups is 1. The van der Waals surface area contributed by atoms with Gasteiger partial charge in [0.15, 0.2) is 0 Å². The summed E-state index contributed by atoms with van der Waals surface area (Å²) < 4.78 is 24.1. The third-order valence-corrected chi connectivity index (χ3v) is 4.49. The van der Waals surface area contributed by atoms with E-state index in [0.717, 1.165) is 0 Å². The van der Waals surface area contributed by atoms with Gasteiger partial charge in [0, 0.05) is 11.6 Å². The number of hydrazone groups is 1. The molecule has 0 amide bonds. The number of benzene rings is 2. The van der Waals surface area contributed by atoms with Crippen LogP contribution >= 0.6 is 11.6 Å². The van der Waals surface area contributed by atoms with Crippen LogP contribution in [0.2, 0.25) is 5.02 Å². The molecule has 0 aliphatic heterocycles. The van der Waals surface area contributed by atoms with Crippen LogP contribution in [0.15, 0.2) is 58.5 Å². The summed E-state index contributed by atoms with van der Waals surface area (Å²) in [6.07, 6.45) is 0. The van der Waals surface area contributed by atoms with E-state index in [1.165, 1.54) is 37.3 Å². The standard InChI is InChI=1S/C14H12ClN3O4S/c1-10(11-7-8-13(15)14(9-11)18(19)20)16-17-23(21,22)12-5-3-2-4-6-12/h2-9,17H,1H3/b16-10+. The lowest BCUT2D eigenvalue weighted by molar-refractivity contribution is -0.384. The van der Waals surface area contributed by atoms with Gasteiger partial charge in [0.1, 0.15) is 5.02 Å². The summed E-state index contributed by atoms with van der Waals surface area (Å²) in [6.45, 7) is 1.53. The monoisotopic (exact) mass is 353 g/mol. The summed E-state index contributed by atoms with van der Waals surface area (Å²) in [5.74, 6) is 0. The van der Waals surface area contributed by atoms with Crippen LogP contribution in [0, 0.1) is 10.1 Å². The van der Waals surface area contributed by atoms with E-state index in [1.807, 2.05) is 0 Å². The highest BCUT2D eigenvalue weighted by Gasteiger charge is 2.15. The Balaban J connectivity index is 2.27. The van der Waals surface area contributed by atoms with Crippen LogP contribution in [-0.2, 0) is 10.0 Å². The molecule has 0 aliphatic rings. The van der Waals surface area contributed by atoms with Crippen LogP contribution in [0.3, 0.4) is 0 Å². The summed E-state index contributed by atoms with van der Waals surface area (Å²) >= 11 is 5.73. The normalized spacial score (nSPS) is 12.0. The van der Waals surface area contributed by atoms with Crippen LogP contribution < -0.4 is 4.83 Å². The highest BCUT2D eigenvalue weighted by atomic mass is 35.5. The second kappa shape index (κ2) is 6.76. The van der Waals surface area contributed by atoms with Crippen molar-refractivity contribution in [2.24, 2.45) is 5.10 Å². The zero-order chi connectivity index (χ0) is 17.0. The fourth-order valence-electron chi connectivity index (χ4n) is 1.72. The maximum atomic E-state index is 12.0. The minimum atomic E-state index is -3.80. The number of sulfonamides is 1. The number of halogens is 1. The fraction of sp³-hybridized carbons (Fsp3) is 0.0714. The van der Waals surface area contributed by atoms with Gasteiger partial charge in [-0.05, 0) is 25.1 Å². The summed E-state index contributed by atoms with van der Waals surface area (Å²) in [5, 5.41) is 14.7. The van der Waals surface area contributed by atoms with Gasteiger partial charge in [0.25, 0.3) is 15.7 Å². The summed E-state index contributed by atoms with van der Waals surface area (Å²) in [7, 11) is -3.80. The van der Waals surface area contributed by atoms with Gasteiger partial charge < -0.3 is 0 Å². The van der Waals surface area contributed by atoms with Crippen LogP contribution in [0.25, 0.3) is 0 Å². The number of nitrogens with one attached hydrogen (secondary N) is 1. The molecular weight excluding hydrogens is 342 g/mol. The number of nitro benzene ring substituents is 1. The van der Waals surface area contributed by atoms with Gasteiger partial charge in [0.2, 0.25) is 0 Å². The molecule has 0 spiro atoms. The maximum absolute atomic E-state index is 12.0. The Morgan fingerprint density at radius 3 is 2.48 bits per heavy atom. The minimum Gasteiger partial charge on any atom is -0.258 e. The number of nitrogens with zero attached hydrogens (tertiary/aromatic N) is 2. The zero-order valence-electron chi connectivity index (χ0n) is 11.9. The van der Waals surface area contributed by atoms with E-state index < -0.39 is 14.9 Å². The van der Waals surface area contributed by atoms with Crippen LogP contribution in [0.5, 0.6) is 0 Å². The highest BCUT2D eigenvalue weighted by Crippen LogP contribution is 2.25. The predicted octanol–water partition coefficient (Wildman–Crippen LogP) is 2.95. The molecule has 0 atom stereocenters. The average molecular weight is 354 g/mol. The molecular formula is C14H12ClN3O4S. The molecule has 0 aliphatic carbocycles. The van der Waals surface area contributed by atoms with Crippen molar-refractivity contribution in [1.82, 2.24) is 4.83 Å². The lowest BCUT2D eigenvalue weighted by Gasteiger charge is -2.05. The Morgan fingerprint density at radius 2 is 1.87 bits per heavy atom. The Labute approximate surface area is 137 Å². The summed E-state index contributed by atoms with van der Waals surface area (Å²) in [5.41, 5.74) is 0.380. The first-order chi connectivity index (χ1) is 10.8. The van der Waals surface area contributed by atoms with Gasteiger partial charge in [-0.1, -0.05) is 35.9 Å². The van der Waals surface area contributed by atoms with E-state index in [0.29, 0.717) is 5.56 Å². The average Bonchev–Trinajstić information content (AvgIpc) is 2.53. The Kier molecular flexibility index (Phi) is 4.97. The Hall–Kier alpha value is -2.45. The topological polar surface area (TPSA) is 102 Å². The molecule has 120 valence electrons. The summed E-state index contributed by atoms with van der Waals surface area (Å²) in [6, 6.07) is 11.9. The van der Waals surface area contributed by atoms with Crippen molar-refractivity contribution in [2.75, 3.05) is 0 Å². The summed E-state index contributed by atoms with van der Waals surface area (Å²) in [4.78, 5) is 12.4. The van der Waals surface area contributed by atoms with Gasteiger partial charge in [-0.15, -0.1) is 0 Å². The molecule has 0 saturated carbocycles. The number of rotatable bonds is 5. The van der Waals surface area contributed by atoms with Gasteiger partial charge >= 0.3 is 0 Å². The van der Waals surface area contributed by atoms with Crippen LogP contribution in [0.1, 0.15) is 12.5 Å². The zero-order valence-corrected chi connectivity index (χ0v) is 13.5. The molecule has 9 heteroatoms. The molecule has 0 heterocycles. The lowest BCUT2D eigenvalue weighted by Crippen LogP contribution is -2.19. The van der Waals surface area contributed by atoms with E-state index in [-0.39, 0.29) is 21.3 Å². The second-order valence-corrected chi connectivity index (χ2v) is 6.60. The molecule has 0 unspecified atom stereocenters. The van der Waals surface area contributed by atoms with Crippen molar-refractivity contribution in [1.29, 1.82) is 0 Å². The quantitative estimate of drug-likeness (QED) is 0.507. The molecule has 0 saturated heterocycles. The van der Waals surface area contributed by atoms with Crippen molar-refractivity contribution in [2.45, 2.75) is 11.8 Å². The van der Waals surface area contributed by atoms with Crippen LogP contribution in [-0.4, -0.2) is 19.1 Å². The molecule has 2 rings (SSSR count). The largest absolute Gasteiger partial charge is 0.288 e. The third-order valence-electron chi connectivity index (χ3n) is 2.95. The van der Waals surface area contributed by atoms with Gasteiger partial charge in [0.05, 0.1) is 15.5 Å². The number of hydrogen-bond acceptors (Lipinski definition) is 5. The molecule has 0 bridgehead atoms. The maximum Gasteiger partial charge on any atom is 0.288 e. The molecule has 2 aromatic carbocycles. The van der Waals surface area contributed by atoms with Crippen molar-refractivity contribution in [3.05, 3.63) is 69.2 Å². The molecule has 0 fully saturated rings. The number of hydrogen-bond donors (Lipinski definition) is 1. The molecule has 0 radical (unpaired) electrons. The first-order valence-electron chi connectivity index (χ1n) is 6.37. The fourth-order valence-corrected chi connectivity index (χ4v) is 2.79. The van der Waals surface area contributed by atoms with Crippen LogP contribution in [0.4, 0.5) is 5.69 Å². The van der Waals surface area contributed by atoms with Crippen molar-refractivity contribution < 1.29 is 13.3 Å². The molecule has 1 N–H and O–H groups in total. The Morgan fingerprint density at radius 1 is 1.22 bits per heavy atom. The second-order valence-electron chi connectivity index (χ2n) is 4.53. The highest BCUT2D eigenvalue weighted by molar-refractivity contribution is 7.89. The lowest BCUT2D eigenvalue weighted by atomic mass is 10.1. The van der Waals surface area contributed by atoms with Crippen molar-refractivity contribution in [3.8, 4) is 0 Å². The van der Waals surface area contributed by atoms with E-state index in [9.17, 15) is 18.5 Å². The first-order valence-corrected chi connectivity index (χ1v) is 8.23. The SMILES string of the molecule is C/C(=N\NS(=O)(=O)c1ccccc1)c1ccc(Cl)c([N+](=O)[O-])c1. The first kappa shape index (κ1) is 16.9. The molecule has 7 nitrogen and oxygen atoms in total. The molecule has 0 aromatic heterocycles. The predicted molar refractivity (Wildman–Crippen MR) is 87.1 cm³/mol. The molecule has 2 aromatic rings.